The van der Waals surface area contributed by atoms with Gasteiger partial charge in [0.05, 0.1) is 16.3 Å². The number of carbonyl (C=O) groups excluding carboxylic acids is 1. The highest BCUT2D eigenvalue weighted by molar-refractivity contribution is 6.43. The van der Waals surface area contributed by atoms with Crippen molar-refractivity contribution >= 4 is 46.9 Å². The molecule has 120 valence electrons. The molecule has 4 nitrogen and oxygen atoms in total. The first-order valence-corrected chi connectivity index (χ1v) is 7.75. The van der Waals surface area contributed by atoms with Crippen molar-refractivity contribution in [2.45, 2.75) is 6.92 Å². The fourth-order valence-corrected chi connectivity index (χ4v) is 2.16. The lowest BCUT2D eigenvalue weighted by atomic mass is 10.2. The summed E-state index contributed by atoms with van der Waals surface area (Å²) >= 11 is 17.8. The van der Waals surface area contributed by atoms with Crippen LogP contribution in [0.5, 0.6) is 5.75 Å². The first-order valence-electron chi connectivity index (χ1n) is 6.62. The molecule has 0 aliphatic rings. The van der Waals surface area contributed by atoms with Crippen molar-refractivity contribution in [2.24, 2.45) is 5.10 Å². The van der Waals surface area contributed by atoms with Crippen molar-refractivity contribution in [3.05, 3.63) is 62.6 Å². The molecule has 0 fully saturated rings. The molecule has 7 heteroatoms. The summed E-state index contributed by atoms with van der Waals surface area (Å²) < 4.78 is 5.36. The van der Waals surface area contributed by atoms with Gasteiger partial charge in [-0.3, -0.25) is 4.79 Å². The van der Waals surface area contributed by atoms with Gasteiger partial charge in [0, 0.05) is 10.6 Å². The molecule has 2 rings (SSSR count). The fourth-order valence-electron chi connectivity index (χ4n) is 1.68. The summed E-state index contributed by atoms with van der Waals surface area (Å²) in [5.41, 5.74) is 3.83. The number of halogens is 3. The molecule has 1 N–H and O–H groups in total. The van der Waals surface area contributed by atoms with Crippen LogP contribution in [0.4, 0.5) is 0 Å². The molecule has 0 saturated carbocycles. The molecule has 0 atom stereocenters. The van der Waals surface area contributed by atoms with Crippen LogP contribution < -0.4 is 10.2 Å². The zero-order valence-electron chi connectivity index (χ0n) is 12.1. The SMILES string of the molecule is Cc1cc(OCC(=O)N/N=C\c2cccc(Cl)c2Cl)ccc1Cl. The molecular formula is C16H13Cl3N2O2. The van der Waals surface area contributed by atoms with E-state index < -0.39 is 5.91 Å². The molecule has 2 aromatic carbocycles. The molecular weight excluding hydrogens is 359 g/mol. The van der Waals surface area contributed by atoms with Crippen LogP contribution in [0.3, 0.4) is 0 Å². The highest BCUT2D eigenvalue weighted by atomic mass is 35.5. The van der Waals surface area contributed by atoms with E-state index in [4.69, 9.17) is 39.5 Å². The summed E-state index contributed by atoms with van der Waals surface area (Å²) in [6, 6.07) is 10.3. The minimum absolute atomic E-state index is 0.165. The van der Waals surface area contributed by atoms with Crippen LogP contribution in [0, 0.1) is 6.92 Å². The molecule has 2 aromatic rings. The summed E-state index contributed by atoms with van der Waals surface area (Å²) in [4.78, 5) is 11.7. The zero-order chi connectivity index (χ0) is 16.8. The normalized spacial score (nSPS) is 10.8. The topological polar surface area (TPSA) is 50.7 Å². The summed E-state index contributed by atoms with van der Waals surface area (Å²) in [6.07, 6.45) is 1.42. The van der Waals surface area contributed by atoms with Crippen LogP contribution >= 0.6 is 34.8 Å². The van der Waals surface area contributed by atoms with E-state index in [-0.39, 0.29) is 6.61 Å². The van der Waals surface area contributed by atoms with E-state index in [9.17, 15) is 4.79 Å². The van der Waals surface area contributed by atoms with Gasteiger partial charge in [-0.05, 0) is 36.8 Å². The number of benzene rings is 2. The van der Waals surface area contributed by atoms with Gasteiger partial charge >= 0.3 is 0 Å². The molecule has 0 radical (unpaired) electrons. The third-order valence-electron chi connectivity index (χ3n) is 2.87. The van der Waals surface area contributed by atoms with E-state index in [0.29, 0.717) is 26.4 Å². The van der Waals surface area contributed by atoms with E-state index in [1.807, 2.05) is 6.92 Å². The Balaban J connectivity index is 1.86. The Hall–Kier alpha value is -1.75. The molecule has 0 heterocycles. The number of amides is 1. The van der Waals surface area contributed by atoms with Gasteiger partial charge in [0.1, 0.15) is 5.75 Å². The molecule has 0 saturated heterocycles. The summed E-state index contributed by atoms with van der Waals surface area (Å²) in [5.74, 6) is 0.163. The number of rotatable bonds is 5. The third kappa shape index (κ3) is 5.13. The summed E-state index contributed by atoms with van der Waals surface area (Å²) in [5, 5.41) is 5.26. The zero-order valence-corrected chi connectivity index (χ0v) is 14.4. The molecule has 0 aromatic heterocycles. The molecule has 23 heavy (non-hydrogen) atoms. The largest absolute Gasteiger partial charge is 0.484 e. The Morgan fingerprint density at radius 2 is 2.00 bits per heavy atom. The minimum atomic E-state index is -0.396. The Morgan fingerprint density at radius 3 is 2.74 bits per heavy atom. The Bertz CT molecular complexity index is 748. The van der Waals surface area contributed by atoms with Crippen LogP contribution in [0.1, 0.15) is 11.1 Å². The number of nitrogens with one attached hydrogen (secondary N) is 1. The number of ether oxygens (including phenoxy) is 1. The van der Waals surface area contributed by atoms with E-state index in [2.05, 4.69) is 10.5 Å². The van der Waals surface area contributed by atoms with E-state index in [1.54, 1.807) is 36.4 Å². The van der Waals surface area contributed by atoms with Crippen LogP contribution in [-0.4, -0.2) is 18.7 Å². The number of carbonyl (C=O) groups is 1. The monoisotopic (exact) mass is 370 g/mol. The highest BCUT2D eigenvalue weighted by Gasteiger charge is 2.04. The summed E-state index contributed by atoms with van der Waals surface area (Å²) in [6.45, 7) is 1.69. The number of hydrazone groups is 1. The maximum absolute atomic E-state index is 11.7. The first-order chi connectivity index (χ1) is 11.0. The molecule has 0 bridgehead atoms. The molecule has 1 amide bonds. The van der Waals surface area contributed by atoms with Gasteiger partial charge < -0.3 is 4.74 Å². The number of hydrogen-bond acceptors (Lipinski definition) is 3. The van der Waals surface area contributed by atoms with Gasteiger partial charge in [-0.25, -0.2) is 5.43 Å². The second-order valence-electron chi connectivity index (χ2n) is 4.64. The average Bonchev–Trinajstić information content (AvgIpc) is 2.52. The molecule has 0 aliphatic carbocycles. The summed E-state index contributed by atoms with van der Waals surface area (Å²) in [7, 11) is 0. The van der Waals surface area contributed by atoms with Crippen molar-refractivity contribution < 1.29 is 9.53 Å². The van der Waals surface area contributed by atoms with Gasteiger partial charge in [-0.15, -0.1) is 0 Å². The lowest BCUT2D eigenvalue weighted by Crippen LogP contribution is -2.24. The van der Waals surface area contributed by atoms with Crippen LogP contribution in [-0.2, 0) is 4.79 Å². The maximum Gasteiger partial charge on any atom is 0.277 e. The number of aryl methyl sites for hydroxylation is 1. The predicted octanol–water partition coefficient (Wildman–Crippen LogP) is 4.48. The number of hydrogen-bond donors (Lipinski definition) is 1. The van der Waals surface area contributed by atoms with Crippen LogP contribution in [0.2, 0.25) is 15.1 Å². The van der Waals surface area contributed by atoms with Crippen molar-refractivity contribution in [2.75, 3.05) is 6.61 Å². The van der Waals surface area contributed by atoms with Crippen LogP contribution in [0.25, 0.3) is 0 Å². The second kappa shape index (κ2) is 8.20. The highest BCUT2D eigenvalue weighted by Crippen LogP contribution is 2.24. The van der Waals surface area contributed by atoms with Crippen molar-refractivity contribution in [1.82, 2.24) is 5.43 Å². The smallest absolute Gasteiger partial charge is 0.277 e. The van der Waals surface area contributed by atoms with Gasteiger partial charge in [0.25, 0.3) is 5.91 Å². The number of nitrogens with zero attached hydrogens (tertiary/aromatic N) is 1. The lowest BCUT2D eigenvalue weighted by Gasteiger charge is -2.06. The predicted molar refractivity (Wildman–Crippen MR) is 93.9 cm³/mol. The van der Waals surface area contributed by atoms with Gasteiger partial charge in [0.15, 0.2) is 6.61 Å². The fraction of sp³-hybridized carbons (Fsp3) is 0.125. The van der Waals surface area contributed by atoms with E-state index >= 15 is 0 Å². The van der Waals surface area contributed by atoms with Gasteiger partial charge in [-0.1, -0.05) is 46.9 Å². The van der Waals surface area contributed by atoms with Crippen LogP contribution in [0.15, 0.2) is 41.5 Å². The first kappa shape index (κ1) is 17.6. The second-order valence-corrected chi connectivity index (χ2v) is 5.83. The van der Waals surface area contributed by atoms with Crippen molar-refractivity contribution in [3.8, 4) is 5.75 Å². The van der Waals surface area contributed by atoms with Crippen molar-refractivity contribution in [1.29, 1.82) is 0 Å². The molecule has 0 unspecified atom stereocenters. The maximum atomic E-state index is 11.7. The quantitative estimate of drug-likeness (QED) is 0.622. The van der Waals surface area contributed by atoms with Gasteiger partial charge in [-0.2, -0.15) is 5.10 Å². The third-order valence-corrected chi connectivity index (χ3v) is 4.13. The van der Waals surface area contributed by atoms with Crippen molar-refractivity contribution in [3.63, 3.8) is 0 Å². The minimum Gasteiger partial charge on any atom is -0.484 e. The molecule has 0 aliphatic heterocycles. The van der Waals surface area contributed by atoms with Gasteiger partial charge in [0.2, 0.25) is 0 Å². The Kier molecular flexibility index (Phi) is 6.28. The van der Waals surface area contributed by atoms with E-state index in [0.717, 1.165) is 5.56 Å². The Labute approximate surface area is 149 Å². The average molecular weight is 372 g/mol. The van der Waals surface area contributed by atoms with E-state index in [1.165, 1.54) is 6.21 Å². The standard InChI is InChI=1S/C16H13Cl3N2O2/c1-10-7-12(5-6-13(10)17)23-9-15(22)21-20-8-11-3-2-4-14(18)16(11)19/h2-8H,9H2,1H3,(H,21,22)/b20-8-. The lowest BCUT2D eigenvalue weighted by molar-refractivity contribution is -0.123. The molecule has 0 spiro atoms. The Morgan fingerprint density at radius 1 is 1.22 bits per heavy atom.